The van der Waals surface area contributed by atoms with Gasteiger partial charge in [0.05, 0.1) is 11.1 Å². The third-order valence-electron chi connectivity index (χ3n) is 14.7. The summed E-state index contributed by atoms with van der Waals surface area (Å²) in [5.41, 5.74) is 17.2. The van der Waals surface area contributed by atoms with E-state index in [1.165, 1.54) is 60.9 Å². The van der Waals surface area contributed by atoms with Gasteiger partial charge in [0, 0.05) is 34.0 Å². The van der Waals surface area contributed by atoms with Gasteiger partial charge in [0.2, 0.25) is 0 Å². The number of rotatable bonds is 8. The highest BCUT2D eigenvalue weighted by Crippen LogP contribution is 2.61. The number of benzene rings is 9. The number of para-hydroxylation sites is 2. The molecule has 3 unspecified atom stereocenters. The number of furan rings is 1. The summed E-state index contributed by atoms with van der Waals surface area (Å²) in [6.07, 6.45) is 18.8. The Bertz CT molecular complexity index is 3630. The topological polar surface area (TPSA) is 16.4 Å². The minimum atomic E-state index is -0.373. The summed E-state index contributed by atoms with van der Waals surface area (Å²) in [6, 6.07) is 75.7. The molecule has 3 atom stereocenters. The zero-order valence-electron chi connectivity index (χ0n) is 37.1. The molecule has 9 aromatic carbocycles. The van der Waals surface area contributed by atoms with Crippen molar-refractivity contribution in [1.82, 2.24) is 0 Å². The molecule has 0 saturated heterocycles. The van der Waals surface area contributed by atoms with E-state index in [2.05, 4.69) is 254 Å². The predicted molar refractivity (Wildman–Crippen MR) is 280 cm³/mol. The molecule has 2 heteroatoms. The fourth-order valence-electron chi connectivity index (χ4n) is 11.7. The van der Waals surface area contributed by atoms with Crippen molar-refractivity contribution < 1.29 is 4.42 Å². The van der Waals surface area contributed by atoms with Gasteiger partial charge in [-0.1, -0.05) is 212 Å². The first-order valence-corrected chi connectivity index (χ1v) is 23.6. The third kappa shape index (κ3) is 6.32. The average molecular weight is 858 g/mol. The summed E-state index contributed by atoms with van der Waals surface area (Å²) in [4.78, 5) is 2.42. The molecule has 10 aromatic rings. The largest absolute Gasteiger partial charge is 0.454 e. The Morgan fingerprint density at radius 2 is 1.19 bits per heavy atom. The van der Waals surface area contributed by atoms with Crippen molar-refractivity contribution in [2.24, 2.45) is 5.92 Å². The second-order valence-corrected chi connectivity index (χ2v) is 18.2. The van der Waals surface area contributed by atoms with Gasteiger partial charge in [-0.25, -0.2) is 0 Å². The first-order chi connectivity index (χ1) is 33.2. The molecule has 3 aliphatic carbocycles. The summed E-state index contributed by atoms with van der Waals surface area (Å²) in [6.45, 7) is 0. The van der Waals surface area contributed by atoms with Crippen molar-refractivity contribution in [2.45, 2.75) is 24.2 Å². The summed E-state index contributed by atoms with van der Waals surface area (Å²) >= 11 is 0. The SMILES string of the molecule is C1=CC2c3ccc(N(c4ccc(-c5ccc6ccccc6c5-c5ccc(-c6ccccc6)cc5)cc4)c4cccc5c4oc4ccccc45)cc3C(C3=CCCC=C3)(c3ccccc3)C2C=C1. The van der Waals surface area contributed by atoms with Crippen LogP contribution in [0.1, 0.15) is 35.4 Å². The van der Waals surface area contributed by atoms with Crippen LogP contribution in [0.5, 0.6) is 0 Å². The van der Waals surface area contributed by atoms with Gasteiger partial charge in [-0.2, -0.15) is 0 Å². The molecule has 1 aromatic heterocycles. The molecule has 0 aliphatic heterocycles. The minimum Gasteiger partial charge on any atom is -0.454 e. The molecular weight excluding hydrogens is 811 g/mol. The maximum atomic E-state index is 6.84. The van der Waals surface area contributed by atoms with E-state index in [1.807, 2.05) is 0 Å². The van der Waals surface area contributed by atoms with Crippen molar-refractivity contribution in [3.05, 3.63) is 271 Å². The molecule has 0 fully saturated rings. The maximum Gasteiger partial charge on any atom is 0.159 e. The number of hydrogen-bond donors (Lipinski definition) is 0. The lowest BCUT2D eigenvalue weighted by molar-refractivity contribution is 0.453. The van der Waals surface area contributed by atoms with Crippen molar-refractivity contribution in [3.8, 4) is 33.4 Å². The first-order valence-electron chi connectivity index (χ1n) is 23.6. The highest BCUT2D eigenvalue weighted by atomic mass is 16.3. The van der Waals surface area contributed by atoms with Gasteiger partial charge >= 0.3 is 0 Å². The van der Waals surface area contributed by atoms with Crippen molar-refractivity contribution >= 4 is 49.8 Å². The van der Waals surface area contributed by atoms with Gasteiger partial charge < -0.3 is 9.32 Å². The van der Waals surface area contributed by atoms with E-state index < -0.39 is 0 Å². The van der Waals surface area contributed by atoms with E-state index in [0.717, 1.165) is 57.4 Å². The lowest BCUT2D eigenvalue weighted by Crippen LogP contribution is -2.35. The van der Waals surface area contributed by atoms with Gasteiger partial charge in [-0.3, -0.25) is 0 Å². The number of nitrogens with zero attached hydrogens (tertiary/aromatic N) is 1. The highest BCUT2D eigenvalue weighted by molar-refractivity contribution is 6.10. The monoisotopic (exact) mass is 857 g/mol. The van der Waals surface area contributed by atoms with E-state index in [0.29, 0.717) is 0 Å². The van der Waals surface area contributed by atoms with E-state index in [9.17, 15) is 0 Å². The Hall–Kier alpha value is -8.20. The molecule has 2 nitrogen and oxygen atoms in total. The van der Waals surface area contributed by atoms with E-state index in [4.69, 9.17) is 4.42 Å². The molecular formula is C65H47NO. The van der Waals surface area contributed by atoms with Crippen LogP contribution in [-0.2, 0) is 5.41 Å². The maximum absolute atomic E-state index is 6.84. The number of anilines is 3. The van der Waals surface area contributed by atoms with Gasteiger partial charge in [0.25, 0.3) is 0 Å². The fraction of sp³-hybridized carbons (Fsp3) is 0.0769. The molecule has 0 radical (unpaired) electrons. The number of allylic oxidation sites excluding steroid dienone is 8. The molecule has 3 aliphatic rings. The van der Waals surface area contributed by atoms with E-state index in [1.54, 1.807) is 0 Å². The molecule has 318 valence electrons. The van der Waals surface area contributed by atoms with Crippen LogP contribution in [0.2, 0.25) is 0 Å². The Morgan fingerprint density at radius 1 is 0.507 bits per heavy atom. The van der Waals surface area contributed by atoms with Crippen LogP contribution in [0, 0.1) is 5.92 Å². The Morgan fingerprint density at radius 3 is 2.01 bits per heavy atom. The van der Waals surface area contributed by atoms with Crippen LogP contribution in [0.15, 0.2) is 259 Å². The Kier molecular flexibility index (Phi) is 9.39. The number of hydrogen-bond acceptors (Lipinski definition) is 2. The quantitative estimate of drug-likeness (QED) is 0.151. The molecule has 0 saturated carbocycles. The van der Waals surface area contributed by atoms with Crippen LogP contribution >= 0.6 is 0 Å². The van der Waals surface area contributed by atoms with Crippen LogP contribution < -0.4 is 4.90 Å². The van der Waals surface area contributed by atoms with Crippen molar-refractivity contribution in [3.63, 3.8) is 0 Å². The van der Waals surface area contributed by atoms with E-state index in [-0.39, 0.29) is 17.3 Å². The molecule has 13 rings (SSSR count). The van der Waals surface area contributed by atoms with E-state index >= 15 is 0 Å². The fourth-order valence-corrected chi connectivity index (χ4v) is 11.7. The lowest BCUT2D eigenvalue weighted by atomic mass is 9.62. The first kappa shape index (κ1) is 39.2. The molecule has 67 heavy (non-hydrogen) atoms. The Labute approximate surface area is 391 Å². The lowest BCUT2D eigenvalue weighted by Gasteiger charge is -2.40. The van der Waals surface area contributed by atoms with Crippen molar-refractivity contribution in [1.29, 1.82) is 0 Å². The third-order valence-corrected chi connectivity index (χ3v) is 14.7. The minimum absolute atomic E-state index is 0.233. The summed E-state index contributed by atoms with van der Waals surface area (Å²) < 4.78 is 6.84. The van der Waals surface area contributed by atoms with Gasteiger partial charge in [0.1, 0.15) is 5.58 Å². The molecule has 0 spiro atoms. The van der Waals surface area contributed by atoms with Crippen LogP contribution in [0.25, 0.3) is 66.1 Å². The van der Waals surface area contributed by atoms with Crippen LogP contribution in [0.3, 0.4) is 0 Å². The smallest absolute Gasteiger partial charge is 0.159 e. The van der Waals surface area contributed by atoms with Gasteiger partial charge in [0.15, 0.2) is 5.58 Å². The number of fused-ring (bicyclic) bond motifs is 7. The van der Waals surface area contributed by atoms with Crippen molar-refractivity contribution in [2.75, 3.05) is 4.90 Å². The normalized spacial score (nSPS) is 18.3. The van der Waals surface area contributed by atoms with Crippen LogP contribution in [0.4, 0.5) is 17.1 Å². The molecule has 1 heterocycles. The van der Waals surface area contributed by atoms with Gasteiger partial charge in [-0.05, 0) is 116 Å². The molecule has 0 bridgehead atoms. The second kappa shape index (κ2) is 16.0. The summed E-state index contributed by atoms with van der Waals surface area (Å²) in [7, 11) is 0. The average Bonchev–Trinajstić information content (AvgIpc) is 3.94. The molecule has 0 amide bonds. The standard InChI is InChI=1S/C65H47NO/c1-4-17-44(18-5-1)45-31-33-48(34-32-45)63-53-24-11-10-19-46(53)37-41-54(63)47-35-38-51(39-36-47)66(61-29-16-27-58-57-26-13-15-30-62(57)67-64(58)61)52-40-42-56-55-25-12-14-28-59(55)65(60(56)43-52,49-20-6-2-7-21-49)50-22-8-3-9-23-50/h1-2,4-8,10-43,55,59H,3,9H2. The predicted octanol–water partition coefficient (Wildman–Crippen LogP) is 17.6. The zero-order valence-corrected chi connectivity index (χ0v) is 37.1. The second-order valence-electron chi connectivity index (χ2n) is 18.2. The van der Waals surface area contributed by atoms with Crippen LogP contribution in [-0.4, -0.2) is 0 Å². The summed E-state index contributed by atoms with van der Waals surface area (Å²) in [5, 5.41) is 4.69. The Balaban J connectivity index is 1.00. The zero-order chi connectivity index (χ0) is 44.3. The molecule has 0 N–H and O–H groups in total. The summed E-state index contributed by atoms with van der Waals surface area (Å²) in [5.74, 6) is 0.485. The van der Waals surface area contributed by atoms with Gasteiger partial charge in [-0.15, -0.1) is 0 Å². The highest BCUT2D eigenvalue weighted by Gasteiger charge is 2.53.